The Hall–Kier alpha value is -1.31. The van der Waals surface area contributed by atoms with Crippen LogP contribution < -0.4 is 9.62 Å². The minimum absolute atomic E-state index is 0.0627. The summed E-state index contributed by atoms with van der Waals surface area (Å²) in [7, 11) is -2.23. The number of nitrogens with zero attached hydrogens (tertiary/aromatic N) is 2. The third-order valence-corrected chi connectivity index (χ3v) is 5.23. The Morgan fingerprint density at radius 3 is 2.73 bits per heavy atom. The maximum Gasteiger partial charge on any atom is 0.239 e. The number of carbonyl (C=O) groups excluding carboxylic acids is 1. The first kappa shape index (κ1) is 17.1. The van der Waals surface area contributed by atoms with Gasteiger partial charge in [-0.3, -0.25) is 4.79 Å². The van der Waals surface area contributed by atoms with Crippen LogP contribution in [0, 0.1) is 0 Å². The van der Waals surface area contributed by atoms with E-state index >= 15 is 0 Å². The van der Waals surface area contributed by atoms with E-state index in [1.54, 1.807) is 4.90 Å². The van der Waals surface area contributed by atoms with Gasteiger partial charge in [-0.2, -0.15) is 0 Å². The SMILES string of the molecule is CNS(=O)(=O)CC(=O)N1CCN(c2cccc(Cl)c2)C[C@@H]1C. The van der Waals surface area contributed by atoms with Gasteiger partial charge in [-0.15, -0.1) is 0 Å². The first-order valence-corrected chi connectivity index (χ1v) is 9.06. The van der Waals surface area contributed by atoms with E-state index in [2.05, 4.69) is 9.62 Å². The zero-order chi connectivity index (χ0) is 16.3. The van der Waals surface area contributed by atoms with Gasteiger partial charge >= 0.3 is 0 Å². The fourth-order valence-electron chi connectivity index (χ4n) is 2.55. The van der Waals surface area contributed by atoms with E-state index in [0.29, 0.717) is 24.7 Å². The zero-order valence-corrected chi connectivity index (χ0v) is 14.2. The third kappa shape index (κ3) is 4.12. The van der Waals surface area contributed by atoms with E-state index in [1.165, 1.54) is 7.05 Å². The van der Waals surface area contributed by atoms with Gasteiger partial charge in [0.2, 0.25) is 15.9 Å². The number of nitrogens with one attached hydrogen (secondary N) is 1. The van der Waals surface area contributed by atoms with Gasteiger partial charge in [0.25, 0.3) is 0 Å². The van der Waals surface area contributed by atoms with Gasteiger partial charge < -0.3 is 9.80 Å². The molecular formula is C14H20ClN3O3S. The lowest BCUT2D eigenvalue weighted by Gasteiger charge is -2.41. The van der Waals surface area contributed by atoms with Crippen LogP contribution in [0.2, 0.25) is 5.02 Å². The van der Waals surface area contributed by atoms with Gasteiger partial charge in [0.05, 0.1) is 0 Å². The first-order chi connectivity index (χ1) is 10.3. The molecule has 1 saturated heterocycles. The van der Waals surface area contributed by atoms with Crippen molar-refractivity contribution in [2.24, 2.45) is 0 Å². The number of amides is 1. The van der Waals surface area contributed by atoms with E-state index in [0.717, 1.165) is 5.69 Å². The summed E-state index contributed by atoms with van der Waals surface area (Å²) in [4.78, 5) is 15.9. The number of halogens is 1. The van der Waals surface area contributed by atoms with Crippen molar-refractivity contribution >= 4 is 33.2 Å². The molecule has 2 rings (SSSR count). The molecule has 1 aromatic carbocycles. The Balaban J connectivity index is 2.02. The molecule has 0 bridgehead atoms. The molecule has 1 N–H and O–H groups in total. The van der Waals surface area contributed by atoms with Crippen LogP contribution in [0.5, 0.6) is 0 Å². The van der Waals surface area contributed by atoms with Crippen LogP contribution in [0.25, 0.3) is 0 Å². The van der Waals surface area contributed by atoms with Crippen molar-refractivity contribution < 1.29 is 13.2 Å². The third-order valence-electron chi connectivity index (χ3n) is 3.75. The molecule has 122 valence electrons. The van der Waals surface area contributed by atoms with Crippen molar-refractivity contribution in [3.8, 4) is 0 Å². The fraction of sp³-hybridized carbons (Fsp3) is 0.500. The van der Waals surface area contributed by atoms with Gasteiger partial charge in [-0.05, 0) is 32.2 Å². The molecule has 1 aliphatic heterocycles. The second kappa shape index (κ2) is 6.85. The van der Waals surface area contributed by atoms with E-state index in [-0.39, 0.29) is 11.9 Å². The number of carbonyl (C=O) groups is 1. The predicted molar refractivity (Wildman–Crippen MR) is 87.7 cm³/mol. The molecule has 1 aromatic rings. The molecule has 0 aliphatic carbocycles. The molecule has 0 unspecified atom stereocenters. The number of rotatable bonds is 4. The van der Waals surface area contributed by atoms with Crippen molar-refractivity contribution in [1.82, 2.24) is 9.62 Å². The fourth-order valence-corrected chi connectivity index (χ4v) is 3.37. The molecule has 1 amide bonds. The molecule has 1 aliphatic rings. The van der Waals surface area contributed by atoms with Crippen molar-refractivity contribution in [2.45, 2.75) is 13.0 Å². The number of hydrogen-bond acceptors (Lipinski definition) is 4. The Morgan fingerprint density at radius 1 is 1.41 bits per heavy atom. The Kier molecular flexibility index (Phi) is 5.31. The lowest BCUT2D eigenvalue weighted by atomic mass is 10.1. The molecule has 1 heterocycles. The molecule has 0 radical (unpaired) electrons. The average Bonchev–Trinajstić information content (AvgIpc) is 2.46. The smallest absolute Gasteiger partial charge is 0.239 e. The average molecular weight is 346 g/mol. The van der Waals surface area contributed by atoms with Crippen LogP contribution in [-0.2, 0) is 14.8 Å². The van der Waals surface area contributed by atoms with E-state index in [1.807, 2.05) is 31.2 Å². The van der Waals surface area contributed by atoms with Gasteiger partial charge in [-0.25, -0.2) is 13.1 Å². The van der Waals surface area contributed by atoms with E-state index in [4.69, 9.17) is 11.6 Å². The number of piperazine rings is 1. The molecule has 8 heteroatoms. The van der Waals surface area contributed by atoms with Crippen molar-refractivity contribution in [1.29, 1.82) is 0 Å². The quantitative estimate of drug-likeness (QED) is 0.881. The molecule has 1 atom stereocenters. The van der Waals surface area contributed by atoms with Gasteiger partial charge in [-0.1, -0.05) is 17.7 Å². The monoisotopic (exact) mass is 345 g/mol. The van der Waals surface area contributed by atoms with Crippen molar-refractivity contribution in [3.05, 3.63) is 29.3 Å². The molecule has 0 spiro atoms. The van der Waals surface area contributed by atoms with Gasteiger partial charge in [0.1, 0.15) is 5.75 Å². The van der Waals surface area contributed by atoms with Gasteiger partial charge in [0, 0.05) is 36.4 Å². The normalized spacial score (nSPS) is 19.3. The summed E-state index contributed by atoms with van der Waals surface area (Å²) in [6.45, 7) is 3.70. The summed E-state index contributed by atoms with van der Waals surface area (Å²) in [6, 6.07) is 7.50. The Bertz CT molecular complexity index is 650. The van der Waals surface area contributed by atoms with Gasteiger partial charge in [0.15, 0.2) is 0 Å². The highest BCUT2D eigenvalue weighted by Gasteiger charge is 2.29. The minimum Gasteiger partial charge on any atom is -0.368 e. The number of sulfonamides is 1. The largest absolute Gasteiger partial charge is 0.368 e. The van der Waals surface area contributed by atoms with Crippen LogP contribution in [0.3, 0.4) is 0 Å². The predicted octanol–water partition coefficient (Wildman–Crippen LogP) is 0.926. The van der Waals surface area contributed by atoms with E-state index in [9.17, 15) is 13.2 Å². The maximum absolute atomic E-state index is 12.1. The van der Waals surface area contributed by atoms with Crippen LogP contribution in [0.1, 0.15) is 6.92 Å². The molecule has 0 saturated carbocycles. The Labute approximate surface area is 136 Å². The van der Waals surface area contributed by atoms with Crippen molar-refractivity contribution in [3.63, 3.8) is 0 Å². The summed E-state index contributed by atoms with van der Waals surface area (Å²) in [5, 5.41) is 0.670. The topological polar surface area (TPSA) is 69.7 Å². The maximum atomic E-state index is 12.1. The minimum atomic E-state index is -3.54. The Morgan fingerprint density at radius 2 is 2.14 bits per heavy atom. The second-order valence-corrected chi connectivity index (χ2v) is 7.69. The highest BCUT2D eigenvalue weighted by Crippen LogP contribution is 2.22. The highest BCUT2D eigenvalue weighted by molar-refractivity contribution is 7.90. The van der Waals surface area contributed by atoms with Crippen molar-refractivity contribution in [2.75, 3.05) is 37.3 Å². The van der Waals surface area contributed by atoms with E-state index < -0.39 is 15.8 Å². The molecule has 6 nitrogen and oxygen atoms in total. The molecular weight excluding hydrogens is 326 g/mol. The summed E-state index contributed by atoms with van der Waals surface area (Å²) in [5.41, 5.74) is 1.01. The summed E-state index contributed by atoms with van der Waals surface area (Å²) in [6.07, 6.45) is 0. The standard InChI is InChI=1S/C14H20ClN3O3S/c1-11-9-17(13-5-3-4-12(15)8-13)6-7-18(11)14(19)10-22(20,21)16-2/h3-5,8,11,16H,6-7,9-10H2,1-2H3/t11-/m0/s1. The zero-order valence-electron chi connectivity index (χ0n) is 12.6. The number of hydrogen-bond donors (Lipinski definition) is 1. The van der Waals surface area contributed by atoms with Crippen LogP contribution in [0.4, 0.5) is 5.69 Å². The number of anilines is 1. The highest BCUT2D eigenvalue weighted by atomic mass is 35.5. The lowest BCUT2D eigenvalue weighted by molar-refractivity contribution is -0.130. The molecule has 22 heavy (non-hydrogen) atoms. The molecule has 0 aromatic heterocycles. The first-order valence-electron chi connectivity index (χ1n) is 7.03. The lowest BCUT2D eigenvalue weighted by Crippen LogP contribution is -2.55. The van der Waals surface area contributed by atoms with Crippen LogP contribution >= 0.6 is 11.6 Å². The number of benzene rings is 1. The summed E-state index contributed by atoms with van der Waals surface area (Å²) in [5.74, 6) is -0.877. The van der Waals surface area contributed by atoms with Crippen LogP contribution in [0.15, 0.2) is 24.3 Å². The summed E-state index contributed by atoms with van der Waals surface area (Å²) < 4.78 is 25.2. The molecule has 1 fully saturated rings. The summed E-state index contributed by atoms with van der Waals surface area (Å²) >= 11 is 6.00. The second-order valence-electron chi connectivity index (χ2n) is 5.33. The van der Waals surface area contributed by atoms with Crippen LogP contribution in [-0.4, -0.2) is 57.7 Å².